The lowest BCUT2D eigenvalue weighted by Crippen LogP contribution is -2.13. The van der Waals surface area contributed by atoms with E-state index < -0.39 is 0 Å². The SMILES string of the molecule is COc1ccc(C(=O)Nc2cccc(-c3nnc4n3CCCC4)c2)cn1. The fraction of sp³-hybridized carbons (Fsp3) is 0.263. The molecule has 1 amide bonds. The number of nitrogens with one attached hydrogen (secondary N) is 1. The zero-order valence-electron chi connectivity index (χ0n) is 14.5. The fourth-order valence-electron chi connectivity index (χ4n) is 3.10. The van der Waals surface area contributed by atoms with E-state index in [1.165, 1.54) is 13.3 Å². The Morgan fingerprint density at radius 3 is 2.92 bits per heavy atom. The molecule has 1 N–H and O–H groups in total. The first-order chi connectivity index (χ1) is 12.7. The van der Waals surface area contributed by atoms with E-state index in [0.29, 0.717) is 17.1 Å². The van der Waals surface area contributed by atoms with E-state index in [9.17, 15) is 4.79 Å². The summed E-state index contributed by atoms with van der Waals surface area (Å²) in [6.45, 7) is 0.936. The molecule has 26 heavy (non-hydrogen) atoms. The van der Waals surface area contributed by atoms with Crippen molar-refractivity contribution in [1.29, 1.82) is 0 Å². The molecule has 4 rings (SSSR count). The highest BCUT2D eigenvalue weighted by Gasteiger charge is 2.17. The molecule has 0 bridgehead atoms. The Morgan fingerprint density at radius 1 is 1.19 bits per heavy atom. The van der Waals surface area contributed by atoms with Crippen LogP contribution in [-0.2, 0) is 13.0 Å². The van der Waals surface area contributed by atoms with E-state index in [1.54, 1.807) is 12.1 Å². The van der Waals surface area contributed by atoms with Crippen LogP contribution in [-0.4, -0.2) is 32.8 Å². The number of ether oxygens (including phenoxy) is 1. The van der Waals surface area contributed by atoms with Crippen molar-refractivity contribution in [1.82, 2.24) is 19.7 Å². The molecule has 2 aromatic heterocycles. The molecule has 0 saturated heterocycles. The highest BCUT2D eigenvalue weighted by atomic mass is 16.5. The van der Waals surface area contributed by atoms with Gasteiger partial charge in [0.15, 0.2) is 5.82 Å². The van der Waals surface area contributed by atoms with Gasteiger partial charge >= 0.3 is 0 Å². The van der Waals surface area contributed by atoms with Gasteiger partial charge in [0.2, 0.25) is 5.88 Å². The molecule has 0 radical (unpaired) electrons. The Labute approximate surface area is 151 Å². The molecular formula is C19H19N5O2. The summed E-state index contributed by atoms with van der Waals surface area (Å²) in [6, 6.07) is 11.0. The standard InChI is InChI=1S/C19H19N5O2/c1-26-17-9-8-14(12-20-17)19(25)21-15-6-4-5-13(11-15)18-23-22-16-7-2-3-10-24(16)18/h4-6,8-9,11-12H,2-3,7,10H2,1H3,(H,21,25). The summed E-state index contributed by atoms with van der Waals surface area (Å²) < 4.78 is 7.18. The highest BCUT2D eigenvalue weighted by Crippen LogP contribution is 2.25. The van der Waals surface area contributed by atoms with Crippen LogP contribution in [0, 0.1) is 0 Å². The smallest absolute Gasteiger partial charge is 0.257 e. The predicted molar refractivity (Wildman–Crippen MR) is 97.1 cm³/mol. The van der Waals surface area contributed by atoms with Gasteiger partial charge in [-0.05, 0) is 31.0 Å². The largest absolute Gasteiger partial charge is 0.481 e. The van der Waals surface area contributed by atoms with Crippen molar-refractivity contribution in [3.8, 4) is 17.3 Å². The van der Waals surface area contributed by atoms with Gasteiger partial charge in [-0.3, -0.25) is 4.79 Å². The molecule has 3 aromatic rings. The van der Waals surface area contributed by atoms with Gasteiger partial charge in [-0.25, -0.2) is 4.98 Å². The molecule has 0 saturated carbocycles. The lowest BCUT2D eigenvalue weighted by Gasteiger charge is -2.15. The second-order valence-electron chi connectivity index (χ2n) is 6.17. The van der Waals surface area contributed by atoms with Gasteiger partial charge in [-0.2, -0.15) is 0 Å². The monoisotopic (exact) mass is 349 g/mol. The van der Waals surface area contributed by atoms with Crippen LogP contribution in [0.25, 0.3) is 11.4 Å². The summed E-state index contributed by atoms with van der Waals surface area (Å²) in [6.07, 6.45) is 4.75. The van der Waals surface area contributed by atoms with Gasteiger partial charge in [0.05, 0.1) is 12.7 Å². The van der Waals surface area contributed by atoms with Crippen molar-refractivity contribution in [3.05, 3.63) is 54.0 Å². The number of benzene rings is 1. The number of nitrogens with zero attached hydrogens (tertiary/aromatic N) is 4. The number of anilines is 1. The summed E-state index contributed by atoms with van der Waals surface area (Å²) in [4.78, 5) is 16.5. The Morgan fingerprint density at radius 2 is 2.12 bits per heavy atom. The predicted octanol–water partition coefficient (Wildman–Crippen LogP) is 2.94. The van der Waals surface area contributed by atoms with E-state index in [2.05, 4.69) is 25.1 Å². The first-order valence-corrected chi connectivity index (χ1v) is 8.58. The quantitative estimate of drug-likeness (QED) is 0.783. The topological polar surface area (TPSA) is 81.9 Å². The van der Waals surface area contributed by atoms with Crippen LogP contribution in [0.5, 0.6) is 5.88 Å². The minimum atomic E-state index is -0.222. The molecular weight excluding hydrogens is 330 g/mol. The number of hydrogen-bond donors (Lipinski definition) is 1. The average Bonchev–Trinajstić information content (AvgIpc) is 3.12. The van der Waals surface area contributed by atoms with Crippen LogP contribution in [0.4, 0.5) is 5.69 Å². The number of pyridine rings is 1. The van der Waals surface area contributed by atoms with Gasteiger partial charge in [0, 0.05) is 36.5 Å². The molecule has 1 aliphatic rings. The van der Waals surface area contributed by atoms with E-state index in [4.69, 9.17) is 4.74 Å². The number of aryl methyl sites for hydroxylation is 1. The van der Waals surface area contributed by atoms with Crippen LogP contribution in [0.2, 0.25) is 0 Å². The summed E-state index contributed by atoms with van der Waals surface area (Å²) in [5.41, 5.74) is 2.11. The highest BCUT2D eigenvalue weighted by molar-refractivity contribution is 6.04. The van der Waals surface area contributed by atoms with Crippen molar-refractivity contribution < 1.29 is 9.53 Å². The first kappa shape index (κ1) is 16.3. The number of carbonyl (C=O) groups excluding carboxylic acids is 1. The molecule has 0 spiro atoms. The molecule has 0 fully saturated rings. The van der Waals surface area contributed by atoms with E-state index >= 15 is 0 Å². The van der Waals surface area contributed by atoms with Crippen molar-refractivity contribution in [3.63, 3.8) is 0 Å². The number of amides is 1. The van der Waals surface area contributed by atoms with Gasteiger partial charge in [-0.1, -0.05) is 12.1 Å². The lowest BCUT2D eigenvalue weighted by molar-refractivity contribution is 0.102. The molecule has 1 aromatic carbocycles. The maximum Gasteiger partial charge on any atom is 0.257 e. The molecule has 0 unspecified atom stereocenters. The zero-order chi connectivity index (χ0) is 17.9. The molecule has 0 aliphatic carbocycles. The summed E-state index contributed by atoms with van der Waals surface area (Å²) in [5, 5.41) is 11.5. The molecule has 7 heteroatoms. The van der Waals surface area contributed by atoms with Crippen molar-refractivity contribution in [2.75, 3.05) is 12.4 Å². The Balaban J connectivity index is 1.56. The molecule has 1 aliphatic heterocycles. The summed E-state index contributed by atoms with van der Waals surface area (Å²) >= 11 is 0. The maximum atomic E-state index is 12.4. The number of hydrogen-bond acceptors (Lipinski definition) is 5. The average molecular weight is 349 g/mol. The maximum absolute atomic E-state index is 12.4. The number of rotatable bonds is 4. The molecule has 132 valence electrons. The Kier molecular flexibility index (Phi) is 4.35. The Hall–Kier alpha value is -3.22. The van der Waals surface area contributed by atoms with Gasteiger partial charge in [0.1, 0.15) is 5.82 Å². The molecule has 7 nitrogen and oxygen atoms in total. The van der Waals surface area contributed by atoms with Crippen LogP contribution >= 0.6 is 0 Å². The third kappa shape index (κ3) is 3.15. The van der Waals surface area contributed by atoms with Crippen LogP contribution in [0.1, 0.15) is 29.0 Å². The van der Waals surface area contributed by atoms with E-state index in [0.717, 1.165) is 43.0 Å². The van der Waals surface area contributed by atoms with Gasteiger partial charge in [-0.15, -0.1) is 10.2 Å². The van der Waals surface area contributed by atoms with Gasteiger partial charge in [0.25, 0.3) is 5.91 Å². The second kappa shape index (κ2) is 6.95. The number of fused-ring (bicyclic) bond motifs is 1. The van der Waals surface area contributed by atoms with Crippen molar-refractivity contribution >= 4 is 11.6 Å². The van der Waals surface area contributed by atoms with Crippen molar-refractivity contribution in [2.45, 2.75) is 25.8 Å². The third-order valence-electron chi connectivity index (χ3n) is 4.45. The second-order valence-corrected chi connectivity index (χ2v) is 6.17. The summed E-state index contributed by atoms with van der Waals surface area (Å²) in [5.74, 6) is 2.13. The van der Waals surface area contributed by atoms with E-state index in [1.807, 2.05) is 24.3 Å². The fourth-order valence-corrected chi connectivity index (χ4v) is 3.10. The first-order valence-electron chi connectivity index (χ1n) is 8.58. The van der Waals surface area contributed by atoms with Crippen LogP contribution in [0.3, 0.4) is 0 Å². The van der Waals surface area contributed by atoms with Crippen LogP contribution in [0.15, 0.2) is 42.6 Å². The van der Waals surface area contributed by atoms with Crippen LogP contribution < -0.4 is 10.1 Å². The minimum absolute atomic E-state index is 0.222. The Bertz CT molecular complexity index is 933. The zero-order valence-corrected chi connectivity index (χ0v) is 14.5. The normalized spacial score (nSPS) is 13.1. The molecule has 3 heterocycles. The number of carbonyl (C=O) groups is 1. The lowest BCUT2D eigenvalue weighted by atomic mass is 10.1. The third-order valence-corrected chi connectivity index (χ3v) is 4.45. The molecule has 0 atom stereocenters. The summed E-state index contributed by atoms with van der Waals surface area (Å²) in [7, 11) is 1.54. The van der Waals surface area contributed by atoms with Crippen molar-refractivity contribution in [2.24, 2.45) is 0 Å². The van der Waals surface area contributed by atoms with Gasteiger partial charge < -0.3 is 14.6 Å². The number of methoxy groups -OCH3 is 1. The number of aromatic nitrogens is 4. The minimum Gasteiger partial charge on any atom is -0.481 e. The van der Waals surface area contributed by atoms with E-state index in [-0.39, 0.29) is 5.91 Å².